The fourth-order valence-electron chi connectivity index (χ4n) is 4.77. The molecule has 4 N–H and O–H groups in total. The van der Waals surface area contributed by atoms with Crippen LogP contribution in [-0.2, 0) is 27.5 Å². The molecule has 0 spiro atoms. The second-order valence-corrected chi connectivity index (χ2v) is 11.1. The quantitative estimate of drug-likeness (QED) is 0.119. The fraction of sp³-hybridized carbons (Fsp3) is 0.0938. The molecule has 0 aliphatic heterocycles. The van der Waals surface area contributed by atoms with Gasteiger partial charge < -0.3 is 11.1 Å². The summed E-state index contributed by atoms with van der Waals surface area (Å²) in [6, 6.07) is 35.9. The summed E-state index contributed by atoms with van der Waals surface area (Å²) in [4.78, 5) is 24.2. The molecule has 200 valence electrons. The highest BCUT2D eigenvalue weighted by atomic mass is 32.1. The summed E-state index contributed by atoms with van der Waals surface area (Å²) in [6.45, 7) is 0. The molecular formula is C32H28N2O4PS+. The number of thiophene rings is 1. The average molecular weight is 568 g/mol. The summed E-state index contributed by atoms with van der Waals surface area (Å²) in [5.41, 5.74) is 10.0. The van der Waals surface area contributed by atoms with Crippen LogP contribution in [0.2, 0.25) is 0 Å². The number of amides is 1. The minimum atomic E-state index is -2.92. The summed E-state index contributed by atoms with van der Waals surface area (Å²) in [5, 5.41) is 4.92. The van der Waals surface area contributed by atoms with Crippen molar-refractivity contribution in [1.82, 2.24) is 0 Å². The van der Waals surface area contributed by atoms with Crippen LogP contribution in [0.25, 0.3) is 10.4 Å². The monoisotopic (exact) mass is 567 g/mol. The van der Waals surface area contributed by atoms with E-state index >= 15 is 0 Å². The van der Waals surface area contributed by atoms with Crippen molar-refractivity contribution in [3.8, 4) is 10.4 Å². The molecular weight excluding hydrogens is 539 g/mol. The summed E-state index contributed by atoms with van der Waals surface area (Å²) >= 11 is 1.61. The molecule has 1 aromatic heterocycles. The first-order chi connectivity index (χ1) is 19.4. The van der Waals surface area contributed by atoms with Gasteiger partial charge in [0.1, 0.15) is 0 Å². The Morgan fingerprint density at radius 3 is 2.02 bits per heavy atom. The Morgan fingerprint density at radius 1 is 0.850 bits per heavy atom. The van der Waals surface area contributed by atoms with Crippen LogP contribution in [0.3, 0.4) is 0 Å². The van der Waals surface area contributed by atoms with Crippen molar-refractivity contribution in [2.45, 2.75) is 18.4 Å². The van der Waals surface area contributed by atoms with E-state index in [1.165, 1.54) is 0 Å². The third-order valence-electron chi connectivity index (χ3n) is 6.70. The second-order valence-electron chi connectivity index (χ2n) is 9.46. The van der Waals surface area contributed by atoms with Gasteiger partial charge in [-0.3, -0.25) is 4.79 Å². The summed E-state index contributed by atoms with van der Waals surface area (Å²) in [6.07, 6.45) is 0.726. The van der Waals surface area contributed by atoms with E-state index in [0.717, 1.165) is 21.6 Å². The molecule has 1 amide bonds. The molecule has 0 saturated carbocycles. The highest BCUT2D eigenvalue weighted by molar-refractivity contribution is 7.32. The van der Waals surface area contributed by atoms with Gasteiger partial charge in [0, 0.05) is 27.8 Å². The molecule has 0 fully saturated rings. The van der Waals surface area contributed by atoms with E-state index < -0.39 is 13.9 Å². The zero-order valence-corrected chi connectivity index (χ0v) is 23.3. The maximum atomic E-state index is 13.2. The largest absolute Gasteiger partial charge is 0.695 e. The molecule has 0 aliphatic carbocycles. The molecule has 0 saturated heterocycles. The van der Waals surface area contributed by atoms with Gasteiger partial charge in [-0.05, 0) is 58.0 Å². The van der Waals surface area contributed by atoms with Crippen LogP contribution in [0.1, 0.15) is 27.0 Å². The first kappa shape index (κ1) is 27.4. The van der Waals surface area contributed by atoms with E-state index in [-0.39, 0.29) is 5.91 Å². The van der Waals surface area contributed by atoms with Gasteiger partial charge in [-0.1, -0.05) is 84.9 Å². The summed E-state index contributed by atoms with van der Waals surface area (Å²) in [5.74, 6) is -0.313. The van der Waals surface area contributed by atoms with Crippen LogP contribution >= 0.6 is 19.6 Å². The van der Waals surface area contributed by atoms with Gasteiger partial charge in [-0.15, -0.1) is 20.8 Å². The molecule has 8 heteroatoms. The van der Waals surface area contributed by atoms with Gasteiger partial charge in [0.25, 0.3) is 5.91 Å². The molecule has 0 bridgehead atoms. The maximum absolute atomic E-state index is 13.2. The number of anilines is 2. The van der Waals surface area contributed by atoms with Crippen LogP contribution in [0.15, 0.2) is 121 Å². The van der Waals surface area contributed by atoms with Crippen molar-refractivity contribution >= 4 is 36.9 Å². The lowest BCUT2D eigenvalue weighted by atomic mass is 9.82. The number of carbonyl (C=O) groups excluding carboxylic acids is 1. The Labute approximate surface area is 238 Å². The smallest absolute Gasteiger partial charge is 0.397 e. The van der Waals surface area contributed by atoms with Crippen LogP contribution in [0.5, 0.6) is 0 Å². The van der Waals surface area contributed by atoms with Gasteiger partial charge in [0.15, 0.2) is 5.60 Å². The number of nitrogens with two attached hydrogens (primary N) is 1. The third-order valence-corrected chi connectivity index (χ3v) is 8.12. The molecule has 0 aliphatic rings. The normalized spacial score (nSPS) is 11.7. The third kappa shape index (κ3) is 6.53. The molecule has 1 atom stereocenters. The Balaban J connectivity index is 1.45. The Morgan fingerprint density at radius 2 is 1.48 bits per heavy atom. The summed E-state index contributed by atoms with van der Waals surface area (Å²) < 4.78 is 18.0. The highest BCUT2D eigenvalue weighted by Crippen LogP contribution is 2.41. The molecule has 0 radical (unpaired) electrons. The Kier molecular flexibility index (Phi) is 8.48. The molecule has 5 aromatic rings. The van der Waals surface area contributed by atoms with E-state index in [4.69, 9.17) is 10.3 Å². The van der Waals surface area contributed by atoms with Crippen molar-refractivity contribution in [3.63, 3.8) is 0 Å². The topological polar surface area (TPSA) is 102 Å². The predicted octanol–water partition coefficient (Wildman–Crippen LogP) is 7.60. The first-order valence-corrected chi connectivity index (χ1v) is 14.7. The molecule has 1 heterocycles. The van der Waals surface area contributed by atoms with Crippen molar-refractivity contribution in [2.24, 2.45) is 0 Å². The number of nitrogen functional groups attached to an aromatic ring is 1. The standard InChI is InChI=1S/C32H27N2O4PS/c33-28-18-15-26(30-12-7-19-40-30)20-29(28)34-31(35)25-13-16-27(17-14-25)32(38-39(36)37,21-23-8-3-1-4-9-23)22-24-10-5-2-6-11-24/h1-20H,21-22,33H2,(H-,34,35,36,37)/p+1. The van der Waals surface area contributed by atoms with E-state index in [1.54, 1.807) is 41.7 Å². The molecule has 1 unspecified atom stereocenters. The van der Waals surface area contributed by atoms with E-state index in [1.807, 2.05) is 90.3 Å². The van der Waals surface area contributed by atoms with Crippen LogP contribution in [0.4, 0.5) is 11.4 Å². The Hall–Kier alpha value is -4.13. The van der Waals surface area contributed by atoms with Crippen molar-refractivity contribution in [1.29, 1.82) is 0 Å². The van der Waals surface area contributed by atoms with Gasteiger partial charge in [-0.25, -0.2) is 0 Å². The lowest BCUT2D eigenvalue weighted by Crippen LogP contribution is -2.33. The second kappa shape index (κ2) is 12.4. The average Bonchev–Trinajstić information content (AvgIpc) is 3.50. The van der Waals surface area contributed by atoms with E-state index in [0.29, 0.717) is 35.3 Å². The molecule has 40 heavy (non-hydrogen) atoms. The fourth-order valence-corrected chi connectivity index (χ4v) is 6.02. The van der Waals surface area contributed by atoms with Gasteiger partial charge in [0.05, 0.1) is 11.4 Å². The van der Waals surface area contributed by atoms with Crippen LogP contribution < -0.4 is 11.1 Å². The first-order valence-electron chi connectivity index (χ1n) is 12.7. The predicted molar refractivity (Wildman–Crippen MR) is 161 cm³/mol. The lowest BCUT2D eigenvalue weighted by molar-refractivity contribution is 0.0622. The van der Waals surface area contributed by atoms with E-state index in [2.05, 4.69) is 5.32 Å². The number of rotatable bonds is 10. The minimum absolute atomic E-state index is 0.313. The zero-order valence-electron chi connectivity index (χ0n) is 21.6. The van der Waals surface area contributed by atoms with Crippen LogP contribution in [-0.4, -0.2) is 10.8 Å². The van der Waals surface area contributed by atoms with Gasteiger partial charge in [0.2, 0.25) is 0 Å². The van der Waals surface area contributed by atoms with Crippen molar-refractivity contribution in [3.05, 3.63) is 143 Å². The number of nitrogens with one attached hydrogen (secondary N) is 1. The summed E-state index contributed by atoms with van der Waals surface area (Å²) in [7, 11) is -2.92. The van der Waals surface area contributed by atoms with Gasteiger partial charge in [-0.2, -0.15) is 0 Å². The zero-order chi connectivity index (χ0) is 28.0. The number of hydrogen-bond acceptors (Lipinski definition) is 5. The number of carbonyl (C=O) groups is 1. The van der Waals surface area contributed by atoms with Gasteiger partial charge >= 0.3 is 8.25 Å². The number of hydrogen-bond donors (Lipinski definition) is 3. The number of benzene rings is 4. The Bertz CT molecular complexity index is 1550. The lowest BCUT2D eigenvalue weighted by Gasteiger charge is -2.29. The SMILES string of the molecule is Nc1ccc(-c2cccs2)cc1NC(=O)c1ccc(C(Cc2ccccc2)(Cc2ccccc2)O[P+](=O)O)cc1. The maximum Gasteiger partial charge on any atom is 0.695 e. The minimum Gasteiger partial charge on any atom is -0.397 e. The molecule has 4 aromatic carbocycles. The van der Waals surface area contributed by atoms with Crippen molar-refractivity contribution < 1.29 is 18.8 Å². The van der Waals surface area contributed by atoms with Crippen LogP contribution in [0, 0.1) is 0 Å². The molecule has 5 rings (SSSR count). The molecule has 6 nitrogen and oxygen atoms in total. The highest BCUT2D eigenvalue weighted by Gasteiger charge is 2.42. The van der Waals surface area contributed by atoms with E-state index in [9.17, 15) is 14.3 Å². The van der Waals surface area contributed by atoms with Crippen molar-refractivity contribution in [2.75, 3.05) is 11.1 Å².